The van der Waals surface area contributed by atoms with Crippen LogP contribution in [0.3, 0.4) is 0 Å². The summed E-state index contributed by atoms with van der Waals surface area (Å²) in [5, 5.41) is 0.0838. The predicted octanol–water partition coefficient (Wildman–Crippen LogP) is 1.72. The quantitative estimate of drug-likeness (QED) is 0.919. The van der Waals surface area contributed by atoms with Crippen molar-refractivity contribution in [3.63, 3.8) is 0 Å². The molecule has 106 valence electrons. The third-order valence-electron chi connectivity index (χ3n) is 3.19. The van der Waals surface area contributed by atoms with Gasteiger partial charge in [0.2, 0.25) is 0 Å². The summed E-state index contributed by atoms with van der Waals surface area (Å²) in [4.78, 5) is 1.92. The number of halogens is 1. The predicted molar refractivity (Wildman–Crippen MR) is 82.6 cm³/mol. The first-order valence-corrected chi connectivity index (χ1v) is 9.44. The van der Waals surface area contributed by atoms with Crippen LogP contribution in [0.25, 0.3) is 0 Å². The number of nitrogens with zero attached hydrogens (tertiary/aromatic N) is 1. The summed E-state index contributed by atoms with van der Waals surface area (Å²) in [6.07, 6.45) is 1.28. The van der Waals surface area contributed by atoms with Gasteiger partial charge in [-0.2, -0.15) is 11.8 Å². The molecule has 0 aromatic heterocycles. The Labute approximate surface area is 123 Å². The van der Waals surface area contributed by atoms with Crippen molar-refractivity contribution >= 4 is 38.9 Å². The molecule has 0 bridgehead atoms. The summed E-state index contributed by atoms with van der Waals surface area (Å²) in [5.41, 5.74) is 7.40. The van der Waals surface area contributed by atoms with Crippen molar-refractivity contribution in [3.05, 3.63) is 28.8 Å². The standard InChI is InChI=1S/C12H17ClN2O2S2/c1-19(16,17)12-8-18-6-5-15(12)11-4-2-3-10(13)9(11)7-14/h2-4,12H,5-8,14H2,1H3. The first-order chi connectivity index (χ1) is 8.95. The van der Waals surface area contributed by atoms with Crippen LogP contribution >= 0.6 is 23.4 Å². The number of anilines is 1. The molecule has 0 saturated carbocycles. The zero-order chi connectivity index (χ0) is 14.0. The van der Waals surface area contributed by atoms with Gasteiger partial charge in [0, 0.05) is 47.1 Å². The maximum absolute atomic E-state index is 11.9. The van der Waals surface area contributed by atoms with Gasteiger partial charge in [0.1, 0.15) is 5.37 Å². The van der Waals surface area contributed by atoms with Crippen molar-refractivity contribution in [3.8, 4) is 0 Å². The molecule has 1 aliphatic rings. The van der Waals surface area contributed by atoms with Gasteiger partial charge in [-0.25, -0.2) is 8.42 Å². The van der Waals surface area contributed by atoms with E-state index in [2.05, 4.69) is 0 Å². The van der Waals surface area contributed by atoms with E-state index in [-0.39, 0.29) is 0 Å². The third kappa shape index (κ3) is 3.18. The van der Waals surface area contributed by atoms with Gasteiger partial charge in [-0.1, -0.05) is 17.7 Å². The minimum Gasteiger partial charge on any atom is -0.353 e. The van der Waals surface area contributed by atoms with Gasteiger partial charge < -0.3 is 10.6 Å². The van der Waals surface area contributed by atoms with E-state index in [1.807, 2.05) is 17.0 Å². The summed E-state index contributed by atoms with van der Waals surface area (Å²) < 4.78 is 23.9. The molecule has 19 heavy (non-hydrogen) atoms. The SMILES string of the molecule is CS(=O)(=O)C1CSCCN1c1cccc(Cl)c1CN. The first-order valence-electron chi connectivity index (χ1n) is 5.96. The van der Waals surface area contributed by atoms with Crippen LogP contribution in [0.5, 0.6) is 0 Å². The molecular formula is C12H17ClN2O2S2. The summed E-state index contributed by atoms with van der Waals surface area (Å²) in [6, 6.07) is 5.50. The Hall–Kier alpha value is -0.430. The summed E-state index contributed by atoms with van der Waals surface area (Å²) >= 11 is 7.81. The van der Waals surface area contributed by atoms with E-state index in [0.29, 0.717) is 23.9 Å². The zero-order valence-electron chi connectivity index (χ0n) is 10.7. The molecule has 2 rings (SSSR count). The van der Waals surface area contributed by atoms with E-state index in [0.717, 1.165) is 17.0 Å². The fraction of sp³-hybridized carbons (Fsp3) is 0.500. The van der Waals surface area contributed by atoms with E-state index >= 15 is 0 Å². The van der Waals surface area contributed by atoms with E-state index in [9.17, 15) is 8.42 Å². The monoisotopic (exact) mass is 320 g/mol. The number of sulfone groups is 1. The lowest BCUT2D eigenvalue weighted by molar-refractivity contribution is 0.584. The van der Waals surface area contributed by atoms with Crippen LogP contribution in [0.15, 0.2) is 18.2 Å². The highest BCUT2D eigenvalue weighted by Crippen LogP contribution is 2.32. The molecule has 0 amide bonds. The molecule has 0 spiro atoms. The summed E-state index contributed by atoms with van der Waals surface area (Å²) in [7, 11) is -3.14. The van der Waals surface area contributed by atoms with Crippen molar-refractivity contribution < 1.29 is 8.42 Å². The van der Waals surface area contributed by atoms with Crippen LogP contribution in [0, 0.1) is 0 Å². The molecule has 1 atom stereocenters. The second-order valence-electron chi connectivity index (χ2n) is 4.49. The average Bonchev–Trinajstić information content (AvgIpc) is 2.37. The Morgan fingerprint density at radius 1 is 1.53 bits per heavy atom. The van der Waals surface area contributed by atoms with Crippen LogP contribution in [0.2, 0.25) is 5.02 Å². The van der Waals surface area contributed by atoms with Crippen LogP contribution in [-0.4, -0.2) is 38.1 Å². The van der Waals surface area contributed by atoms with Gasteiger partial charge in [-0.05, 0) is 12.1 Å². The Morgan fingerprint density at radius 2 is 2.26 bits per heavy atom. The Kier molecular flexibility index (Phi) is 4.66. The van der Waals surface area contributed by atoms with Crippen molar-refractivity contribution in [1.29, 1.82) is 0 Å². The van der Waals surface area contributed by atoms with Crippen LogP contribution in [-0.2, 0) is 16.4 Å². The fourth-order valence-electron chi connectivity index (χ4n) is 2.23. The van der Waals surface area contributed by atoms with Crippen molar-refractivity contribution in [2.24, 2.45) is 5.73 Å². The first kappa shape index (κ1) is 15.0. The zero-order valence-corrected chi connectivity index (χ0v) is 13.1. The van der Waals surface area contributed by atoms with Crippen molar-refractivity contribution in [2.75, 3.05) is 29.2 Å². The van der Waals surface area contributed by atoms with Crippen molar-refractivity contribution in [1.82, 2.24) is 0 Å². The van der Waals surface area contributed by atoms with Crippen LogP contribution < -0.4 is 10.6 Å². The molecule has 0 aliphatic carbocycles. The number of hydrogen-bond acceptors (Lipinski definition) is 5. The van der Waals surface area contributed by atoms with Gasteiger partial charge in [0.05, 0.1) is 0 Å². The average molecular weight is 321 g/mol. The lowest BCUT2D eigenvalue weighted by atomic mass is 10.1. The molecule has 4 nitrogen and oxygen atoms in total. The second kappa shape index (κ2) is 5.91. The molecule has 1 aromatic rings. The minimum atomic E-state index is -3.14. The molecule has 0 radical (unpaired) electrons. The van der Waals surface area contributed by atoms with Gasteiger partial charge >= 0.3 is 0 Å². The van der Waals surface area contributed by atoms with Crippen molar-refractivity contribution in [2.45, 2.75) is 11.9 Å². The summed E-state index contributed by atoms with van der Waals surface area (Å²) in [6.45, 7) is 0.991. The maximum Gasteiger partial charge on any atom is 0.169 e. The highest BCUT2D eigenvalue weighted by atomic mass is 35.5. The fourth-order valence-corrected chi connectivity index (χ4v) is 5.31. The maximum atomic E-state index is 11.9. The molecule has 1 saturated heterocycles. The van der Waals surface area contributed by atoms with Crippen LogP contribution in [0.1, 0.15) is 5.56 Å². The van der Waals surface area contributed by atoms with E-state index in [4.69, 9.17) is 17.3 Å². The lowest BCUT2D eigenvalue weighted by Gasteiger charge is -2.37. The highest BCUT2D eigenvalue weighted by Gasteiger charge is 2.32. The molecule has 2 N–H and O–H groups in total. The molecule has 1 aliphatic heterocycles. The largest absolute Gasteiger partial charge is 0.353 e. The third-order valence-corrected chi connectivity index (χ3v) is 6.18. The molecule has 7 heteroatoms. The van der Waals surface area contributed by atoms with Gasteiger partial charge in [-0.15, -0.1) is 0 Å². The topological polar surface area (TPSA) is 63.4 Å². The normalized spacial score (nSPS) is 20.6. The Bertz CT molecular complexity index is 563. The number of nitrogens with two attached hydrogens (primary N) is 1. The molecular weight excluding hydrogens is 304 g/mol. The molecule has 1 heterocycles. The Balaban J connectivity index is 2.46. The van der Waals surface area contributed by atoms with Crippen LogP contribution in [0.4, 0.5) is 5.69 Å². The molecule has 1 aromatic carbocycles. The smallest absolute Gasteiger partial charge is 0.169 e. The number of benzene rings is 1. The highest BCUT2D eigenvalue weighted by molar-refractivity contribution is 8.01. The van der Waals surface area contributed by atoms with Gasteiger partial charge in [-0.3, -0.25) is 0 Å². The Morgan fingerprint density at radius 3 is 2.89 bits per heavy atom. The second-order valence-corrected chi connectivity index (χ2v) is 8.25. The van der Waals surface area contributed by atoms with Gasteiger partial charge in [0.25, 0.3) is 0 Å². The van der Waals surface area contributed by atoms with E-state index in [1.54, 1.807) is 17.8 Å². The number of rotatable bonds is 3. The minimum absolute atomic E-state index is 0.301. The molecule has 1 unspecified atom stereocenters. The lowest BCUT2D eigenvalue weighted by Crippen LogP contribution is -2.47. The van der Waals surface area contributed by atoms with E-state index in [1.165, 1.54) is 6.26 Å². The number of hydrogen-bond donors (Lipinski definition) is 1. The van der Waals surface area contributed by atoms with Gasteiger partial charge in [0.15, 0.2) is 9.84 Å². The molecule has 1 fully saturated rings. The summed E-state index contributed by atoms with van der Waals surface area (Å²) in [5.74, 6) is 1.48. The number of thioether (sulfide) groups is 1. The van der Waals surface area contributed by atoms with E-state index < -0.39 is 15.2 Å².